The molecule has 0 bridgehead atoms. The van der Waals surface area contributed by atoms with Crippen LogP contribution >= 0.6 is 0 Å². The Morgan fingerprint density at radius 2 is 1.62 bits per heavy atom. The van der Waals surface area contributed by atoms with Crippen molar-refractivity contribution in [3.63, 3.8) is 0 Å². The van der Waals surface area contributed by atoms with Gasteiger partial charge in [-0.05, 0) is 23.3 Å². The lowest BCUT2D eigenvalue weighted by atomic mass is 10.1. The molecular weight excluding hydrogens is 414 g/mol. The molecule has 0 fully saturated rings. The van der Waals surface area contributed by atoms with Gasteiger partial charge in [0.2, 0.25) is 15.0 Å². The Morgan fingerprint density at radius 3 is 2.28 bits per heavy atom. The van der Waals surface area contributed by atoms with Gasteiger partial charge in [-0.15, -0.1) is 0 Å². The zero-order chi connectivity index (χ0) is 20.6. The highest BCUT2D eigenvalue weighted by atomic mass is 32.2. The zero-order valence-corrected chi connectivity index (χ0v) is 16.8. The first-order valence-corrected chi connectivity index (χ1v) is 11.7. The van der Waals surface area contributed by atoms with Crippen LogP contribution in [0.25, 0.3) is 11.0 Å². The van der Waals surface area contributed by atoms with Crippen molar-refractivity contribution in [3.05, 3.63) is 72.6 Å². The Bertz CT molecular complexity index is 1400. The first kappa shape index (κ1) is 19.2. The van der Waals surface area contributed by atoms with Crippen molar-refractivity contribution in [3.8, 4) is 0 Å². The normalized spacial score (nSPS) is 12.3. The van der Waals surface area contributed by atoms with E-state index in [1.54, 1.807) is 24.4 Å². The third-order valence-electron chi connectivity index (χ3n) is 4.23. The minimum Gasteiger partial charge on any atom is -0.244 e. The van der Waals surface area contributed by atoms with Gasteiger partial charge in [0.25, 0.3) is 10.0 Å². The van der Waals surface area contributed by atoms with Gasteiger partial charge in [0.1, 0.15) is 6.33 Å². The fourth-order valence-corrected chi connectivity index (χ4v) is 4.73. The predicted molar refractivity (Wildman–Crippen MR) is 105 cm³/mol. The van der Waals surface area contributed by atoms with Crippen LogP contribution in [0.15, 0.2) is 71.5 Å². The number of hydrogen-bond acceptors (Lipinski definition) is 8. The molecule has 0 saturated carbocycles. The molecule has 4 aromatic rings. The van der Waals surface area contributed by atoms with E-state index in [4.69, 9.17) is 0 Å². The third-order valence-corrected chi connectivity index (χ3v) is 6.77. The second-order valence-corrected chi connectivity index (χ2v) is 10.1. The maximum absolute atomic E-state index is 13.1. The van der Waals surface area contributed by atoms with Crippen LogP contribution in [0.2, 0.25) is 0 Å². The Morgan fingerprint density at radius 1 is 0.931 bits per heavy atom. The molecule has 4 rings (SSSR count). The number of benzene rings is 1. The van der Waals surface area contributed by atoms with E-state index in [1.807, 2.05) is 0 Å². The summed E-state index contributed by atoms with van der Waals surface area (Å²) < 4.78 is 50.3. The van der Waals surface area contributed by atoms with Crippen LogP contribution in [0, 0.1) is 0 Å². The van der Waals surface area contributed by atoms with Gasteiger partial charge < -0.3 is 0 Å². The summed E-state index contributed by atoms with van der Waals surface area (Å²) in [5.74, 6) is 0. The van der Waals surface area contributed by atoms with Crippen LogP contribution in [-0.4, -0.2) is 47.0 Å². The maximum Gasteiger partial charge on any atom is 0.269 e. The molecule has 0 unspecified atom stereocenters. The van der Waals surface area contributed by atoms with Crippen molar-refractivity contribution in [1.82, 2.24) is 23.9 Å². The highest BCUT2D eigenvalue weighted by Gasteiger charge is 2.22. The summed E-state index contributed by atoms with van der Waals surface area (Å²) in [6, 6.07) is 8.06. The zero-order valence-electron chi connectivity index (χ0n) is 15.2. The summed E-state index contributed by atoms with van der Waals surface area (Å²) in [4.78, 5) is 16.0. The Kier molecular flexibility index (Phi) is 4.63. The lowest BCUT2D eigenvalue weighted by Gasteiger charge is -2.06. The van der Waals surface area contributed by atoms with Gasteiger partial charge in [-0.3, -0.25) is 0 Å². The molecule has 1 aromatic carbocycles. The minimum absolute atomic E-state index is 0.142. The lowest BCUT2D eigenvalue weighted by molar-refractivity contribution is 0.588. The van der Waals surface area contributed by atoms with E-state index in [1.165, 1.54) is 37.1 Å². The van der Waals surface area contributed by atoms with Crippen molar-refractivity contribution in [2.45, 2.75) is 16.5 Å². The topological polar surface area (TPSA) is 125 Å². The molecule has 0 atom stereocenters. The molecule has 148 valence electrons. The van der Waals surface area contributed by atoms with Crippen molar-refractivity contribution in [1.29, 1.82) is 0 Å². The Balaban J connectivity index is 1.79. The van der Waals surface area contributed by atoms with Crippen LogP contribution in [0.1, 0.15) is 11.1 Å². The van der Waals surface area contributed by atoms with Crippen molar-refractivity contribution < 1.29 is 16.8 Å². The molecule has 0 aliphatic heterocycles. The number of fused-ring (bicyclic) bond motifs is 1. The minimum atomic E-state index is -3.85. The van der Waals surface area contributed by atoms with Crippen LogP contribution in [-0.2, 0) is 26.3 Å². The average molecular weight is 429 g/mol. The summed E-state index contributed by atoms with van der Waals surface area (Å²) in [5.41, 5.74) is 1.53. The van der Waals surface area contributed by atoms with E-state index >= 15 is 0 Å². The lowest BCUT2D eigenvalue weighted by Crippen LogP contribution is -2.12. The highest BCUT2D eigenvalue weighted by molar-refractivity contribution is 7.90. The van der Waals surface area contributed by atoms with Crippen LogP contribution in [0.5, 0.6) is 0 Å². The molecule has 0 radical (unpaired) electrons. The monoisotopic (exact) mass is 429 g/mol. The summed E-state index contributed by atoms with van der Waals surface area (Å²) in [6.45, 7) is 0. The Labute approximate surface area is 167 Å². The van der Waals surface area contributed by atoms with Crippen LogP contribution in [0.3, 0.4) is 0 Å². The second kappa shape index (κ2) is 7.01. The van der Waals surface area contributed by atoms with Crippen molar-refractivity contribution >= 4 is 30.9 Å². The molecule has 0 saturated heterocycles. The predicted octanol–water partition coefficient (Wildman–Crippen LogP) is 1.45. The van der Waals surface area contributed by atoms with E-state index in [0.717, 1.165) is 10.2 Å². The summed E-state index contributed by atoms with van der Waals surface area (Å²) >= 11 is 0. The van der Waals surface area contributed by atoms with E-state index in [9.17, 15) is 16.8 Å². The first-order valence-electron chi connectivity index (χ1n) is 8.38. The molecule has 0 spiro atoms. The number of hydrogen-bond donors (Lipinski definition) is 0. The van der Waals surface area contributed by atoms with Gasteiger partial charge >= 0.3 is 0 Å². The Hall–Kier alpha value is -3.18. The van der Waals surface area contributed by atoms with Crippen molar-refractivity contribution in [2.24, 2.45) is 0 Å². The first-order chi connectivity index (χ1) is 13.8. The molecular formula is C18H15N5O4S2. The van der Waals surface area contributed by atoms with Crippen LogP contribution in [0.4, 0.5) is 0 Å². The standard InChI is InChI=1S/C18H15N5O4S2/c1-28(24,25)18-20-8-13(9-21-18)7-14-11-23(17-16(14)10-19-12-22-17)29(26,27)15-5-3-2-4-6-15/h2-6,8-12H,7H2,1H3. The van der Waals surface area contributed by atoms with Gasteiger partial charge in [-0.2, -0.15) is 0 Å². The number of aromatic nitrogens is 5. The molecule has 0 N–H and O–H groups in total. The quantitative estimate of drug-likeness (QED) is 0.437. The van der Waals surface area contributed by atoms with Gasteiger partial charge in [0, 0.05) is 42.9 Å². The fourth-order valence-electron chi connectivity index (χ4n) is 2.87. The molecule has 0 aliphatic carbocycles. The summed E-state index contributed by atoms with van der Waals surface area (Å²) in [6.07, 6.45) is 8.44. The molecule has 29 heavy (non-hydrogen) atoms. The second-order valence-electron chi connectivity index (χ2n) is 6.35. The van der Waals surface area contributed by atoms with Gasteiger partial charge in [-0.25, -0.2) is 40.7 Å². The third kappa shape index (κ3) is 3.61. The fraction of sp³-hybridized carbons (Fsp3) is 0.111. The SMILES string of the molecule is CS(=O)(=O)c1ncc(Cc2cn(S(=O)(=O)c3ccccc3)c3ncncc23)cn1. The van der Waals surface area contributed by atoms with E-state index in [0.29, 0.717) is 16.5 Å². The molecule has 0 aliphatic rings. The highest BCUT2D eigenvalue weighted by Crippen LogP contribution is 2.25. The van der Waals surface area contributed by atoms with E-state index in [2.05, 4.69) is 19.9 Å². The average Bonchev–Trinajstić information content (AvgIpc) is 3.08. The number of nitrogens with zero attached hydrogens (tertiary/aromatic N) is 5. The van der Waals surface area contributed by atoms with Crippen LogP contribution < -0.4 is 0 Å². The van der Waals surface area contributed by atoms with E-state index < -0.39 is 19.9 Å². The molecule has 0 amide bonds. The van der Waals surface area contributed by atoms with Gasteiger partial charge in [0.05, 0.1) is 4.90 Å². The summed E-state index contributed by atoms with van der Waals surface area (Å²) in [7, 11) is -7.35. The van der Waals surface area contributed by atoms with Gasteiger partial charge in [-0.1, -0.05) is 18.2 Å². The summed E-state index contributed by atoms with van der Waals surface area (Å²) in [5, 5.41) is 0.304. The number of sulfone groups is 1. The molecule has 3 aromatic heterocycles. The van der Waals surface area contributed by atoms with Gasteiger partial charge in [0.15, 0.2) is 5.65 Å². The molecule has 11 heteroatoms. The molecule has 9 nitrogen and oxygen atoms in total. The van der Waals surface area contributed by atoms with Crippen molar-refractivity contribution in [2.75, 3.05) is 6.26 Å². The van der Waals surface area contributed by atoms with E-state index in [-0.39, 0.29) is 22.1 Å². The smallest absolute Gasteiger partial charge is 0.244 e. The number of rotatable bonds is 5. The largest absolute Gasteiger partial charge is 0.269 e. The maximum atomic E-state index is 13.1. The molecule has 3 heterocycles.